The van der Waals surface area contributed by atoms with Crippen LogP contribution in [0.2, 0.25) is 0 Å². The third-order valence-electron chi connectivity index (χ3n) is 5.50. The molecule has 1 aromatic rings. The molecule has 0 bridgehead atoms. The van der Waals surface area contributed by atoms with Gasteiger partial charge in [-0.1, -0.05) is 12.0 Å². The van der Waals surface area contributed by atoms with Gasteiger partial charge in [0.15, 0.2) is 0 Å². The molecule has 2 fully saturated rings. The Hall–Kier alpha value is -3.26. The number of amides is 4. The number of carbonyl (C=O) groups is 3. The first kappa shape index (κ1) is 23.4. The number of piperazine rings is 1. The van der Waals surface area contributed by atoms with Gasteiger partial charge in [-0.15, -0.1) is 6.42 Å². The van der Waals surface area contributed by atoms with Crippen molar-refractivity contribution in [3.63, 3.8) is 0 Å². The van der Waals surface area contributed by atoms with Crippen LogP contribution in [0.5, 0.6) is 0 Å². The van der Waals surface area contributed by atoms with Crippen LogP contribution in [0.4, 0.5) is 23.7 Å². The second-order valence-electron chi connectivity index (χ2n) is 7.74. The molecule has 2 saturated heterocycles. The molecule has 0 radical (unpaired) electrons. The third kappa shape index (κ3) is 5.91. The molecule has 1 aromatic carbocycles. The Morgan fingerprint density at radius 1 is 1.31 bits per heavy atom. The first-order valence-electron chi connectivity index (χ1n) is 10.2. The van der Waals surface area contributed by atoms with Gasteiger partial charge < -0.3 is 21.3 Å². The van der Waals surface area contributed by atoms with Crippen molar-refractivity contribution in [2.24, 2.45) is 0 Å². The predicted octanol–water partition coefficient (Wildman–Crippen LogP) is 1.30. The number of fused-ring (bicyclic) bond motifs is 1. The fourth-order valence-electron chi connectivity index (χ4n) is 4.01. The summed E-state index contributed by atoms with van der Waals surface area (Å²) in [6.45, 7) is 0.936. The van der Waals surface area contributed by atoms with Gasteiger partial charge in [0.25, 0.3) is 0 Å². The van der Waals surface area contributed by atoms with E-state index < -0.39 is 23.8 Å². The Labute approximate surface area is 183 Å². The molecule has 2 aliphatic rings. The number of alkyl halides is 3. The number of nitrogens with one attached hydrogen (secondary N) is 4. The number of urea groups is 1. The molecular weight excluding hydrogens is 427 g/mol. The van der Waals surface area contributed by atoms with E-state index in [0.29, 0.717) is 25.9 Å². The van der Waals surface area contributed by atoms with Crippen molar-refractivity contribution in [3.8, 4) is 12.3 Å². The normalized spacial score (nSPS) is 22.9. The summed E-state index contributed by atoms with van der Waals surface area (Å²) in [4.78, 5) is 38.4. The summed E-state index contributed by atoms with van der Waals surface area (Å²) < 4.78 is 38.5. The highest BCUT2D eigenvalue weighted by Crippen LogP contribution is 2.31. The minimum atomic E-state index is -4.51. The quantitative estimate of drug-likeness (QED) is 0.490. The Bertz CT molecular complexity index is 915. The molecule has 0 spiro atoms. The van der Waals surface area contributed by atoms with Gasteiger partial charge in [-0.05, 0) is 31.0 Å². The summed E-state index contributed by atoms with van der Waals surface area (Å²) in [5.74, 6) is 2.00. The third-order valence-corrected chi connectivity index (χ3v) is 5.50. The van der Waals surface area contributed by atoms with Crippen LogP contribution in [0.15, 0.2) is 24.3 Å². The molecule has 4 N–H and O–H groups in total. The number of anilines is 1. The molecular formula is C21H24F3N5O3. The molecule has 0 saturated carbocycles. The highest BCUT2D eigenvalue weighted by Gasteiger charge is 2.43. The Morgan fingerprint density at radius 3 is 2.81 bits per heavy atom. The topological polar surface area (TPSA) is 103 Å². The SMILES string of the molecule is C#CCNC(=O)CC[C@@H]1CNC(=O)[C@@H]2C[C@H](NC(=O)Nc3cccc(C(F)(F)F)c3)CN12. The van der Waals surface area contributed by atoms with Gasteiger partial charge >= 0.3 is 12.2 Å². The first-order valence-corrected chi connectivity index (χ1v) is 10.2. The van der Waals surface area contributed by atoms with Gasteiger partial charge in [0.1, 0.15) is 0 Å². The van der Waals surface area contributed by atoms with Crippen molar-refractivity contribution in [1.82, 2.24) is 20.9 Å². The van der Waals surface area contributed by atoms with E-state index in [2.05, 4.69) is 27.2 Å². The van der Waals surface area contributed by atoms with Gasteiger partial charge in [0.05, 0.1) is 18.2 Å². The van der Waals surface area contributed by atoms with Crippen molar-refractivity contribution in [3.05, 3.63) is 29.8 Å². The van der Waals surface area contributed by atoms with Crippen LogP contribution in [0, 0.1) is 12.3 Å². The molecule has 3 rings (SSSR count). The molecule has 2 aliphatic heterocycles. The number of rotatable bonds is 6. The van der Waals surface area contributed by atoms with Crippen LogP contribution in [0.25, 0.3) is 0 Å². The standard InChI is InChI=1S/C21H24F3N5O3/c1-2-8-25-18(30)7-6-16-11-26-19(31)17-10-15(12-29(16)17)28-20(32)27-14-5-3-4-13(9-14)21(22,23)24/h1,3-5,9,15-17H,6-8,10-12H2,(H,25,30)(H,26,31)(H2,27,28,32)/t15-,16+,17-/m0/s1. The highest BCUT2D eigenvalue weighted by atomic mass is 19.4. The largest absolute Gasteiger partial charge is 0.416 e. The fraction of sp³-hybridized carbons (Fsp3) is 0.476. The molecule has 0 aliphatic carbocycles. The minimum absolute atomic E-state index is 0.0154. The lowest BCUT2D eigenvalue weighted by molar-refractivity contribution is -0.137. The maximum atomic E-state index is 12.8. The summed E-state index contributed by atoms with van der Waals surface area (Å²) in [6, 6.07) is 2.81. The summed E-state index contributed by atoms with van der Waals surface area (Å²) in [7, 11) is 0. The maximum Gasteiger partial charge on any atom is 0.416 e. The number of hydrogen-bond donors (Lipinski definition) is 4. The lowest BCUT2D eigenvalue weighted by Crippen LogP contribution is -2.58. The molecule has 2 heterocycles. The van der Waals surface area contributed by atoms with Crippen LogP contribution in [0.1, 0.15) is 24.8 Å². The number of carbonyl (C=O) groups excluding carboxylic acids is 3. The van der Waals surface area contributed by atoms with Gasteiger partial charge in [-0.25, -0.2) is 4.79 Å². The van der Waals surface area contributed by atoms with Crippen molar-refractivity contribution < 1.29 is 27.6 Å². The number of nitrogens with zero attached hydrogens (tertiary/aromatic N) is 1. The molecule has 3 atom stereocenters. The average Bonchev–Trinajstić information content (AvgIpc) is 3.15. The lowest BCUT2D eigenvalue weighted by atomic mass is 10.0. The van der Waals surface area contributed by atoms with Crippen LogP contribution in [-0.4, -0.2) is 60.5 Å². The van der Waals surface area contributed by atoms with E-state index in [4.69, 9.17) is 6.42 Å². The van der Waals surface area contributed by atoms with E-state index in [0.717, 1.165) is 12.1 Å². The van der Waals surface area contributed by atoms with Gasteiger partial charge in [-0.3, -0.25) is 14.5 Å². The number of benzene rings is 1. The number of hydrogen-bond acceptors (Lipinski definition) is 4. The number of terminal acetylenes is 1. The second kappa shape index (κ2) is 9.91. The summed E-state index contributed by atoms with van der Waals surface area (Å²) in [5, 5.41) is 10.5. The van der Waals surface area contributed by atoms with Crippen molar-refractivity contribution >= 4 is 23.5 Å². The average molecular weight is 451 g/mol. The zero-order valence-corrected chi connectivity index (χ0v) is 17.2. The van der Waals surface area contributed by atoms with Gasteiger partial charge in [0, 0.05) is 37.3 Å². The lowest BCUT2D eigenvalue weighted by Gasteiger charge is -2.37. The maximum absolute atomic E-state index is 12.8. The van der Waals surface area contributed by atoms with Gasteiger partial charge in [0.2, 0.25) is 11.8 Å². The molecule has 4 amide bonds. The molecule has 0 unspecified atom stereocenters. The zero-order valence-electron chi connectivity index (χ0n) is 17.2. The highest BCUT2D eigenvalue weighted by molar-refractivity contribution is 5.90. The molecule has 11 heteroatoms. The molecule has 172 valence electrons. The molecule has 8 nitrogen and oxygen atoms in total. The van der Waals surface area contributed by atoms with Crippen molar-refractivity contribution in [2.75, 3.05) is 25.0 Å². The Kier molecular flexibility index (Phi) is 7.25. The van der Waals surface area contributed by atoms with Crippen LogP contribution >= 0.6 is 0 Å². The minimum Gasteiger partial charge on any atom is -0.353 e. The van der Waals surface area contributed by atoms with Crippen LogP contribution in [-0.2, 0) is 15.8 Å². The van der Waals surface area contributed by atoms with E-state index in [-0.39, 0.29) is 42.6 Å². The Balaban J connectivity index is 1.55. The summed E-state index contributed by atoms with van der Waals surface area (Å²) in [6.07, 6.45) is 1.73. The molecule has 0 aromatic heterocycles. The first-order chi connectivity index (χ1) is 15.2. The molecule has 32 heavy (non-hydrogen) atoms. The van der Waals surface area contributed by atoms with E-state index in [1.807, 2.05) is 4.90 Å². The van der Waals surface area contributed by atoms with E-state index in [1.165, 1.54) is 12.1 Å². The summed E-state index contributed by atoms with van der Waals surface area (Å²) >= 11 is 0. The number of halogens is 3. The van der Waals surface area contributed by atoms with Gasteiger partial charge in [-0.2, -0.15) is 13.2 Å². The van der Waals surface area contributed by atoms with Crippen molar-refractivity contribution in [2.45, 2.75) is 43.6 Å². The Morgan fingerprint density at radius 2 is 2.09 bits per heavy atom. The van der Waals surface area contributed by atoms with Crippen LogP contribution in [0.3, 0.4) is 0 Å². The monoisotopic (exact) mass is 451 g/mol. The van der Waals surface area contributed by atoms with E-state index >= 15 is 0 Å². The summed E-state index contributed by atoms with van der Waals surface area (Å²) in [5.41, 5.74) is -0.847. The smallest absolute Gasteiger partial charge is 0.353 e. The van der Waals surface area contributed by atoms with Crippen molar-refractivity contribution in [1.29, 1.82) is 0 Å². The predicted molar refractivity (Wildman–Crippen MR) is 110 cm³/mol. The van der Waals surface area contributed by atoms with E-state index in [9.17, 15) is 27.6 Å². The van der Waals surface area contributed by atoms with Crippen LogP contribution < -0.4 is 21.3 Å². The zero-order chi connectivity index (χ0) is 23.3. The second-order valence-corrected chi connectivity index (χ2v) is 7.74. The van der Waals surface area contributed by atoms with E-state index in [1.54, 1.807) is 0 Å². The fourth-order valence-corrected chi connectivity index (χ4v) is 4.01.